The number of hydrogen-bond acceptors (Lipinski definition) is 4. The minimum Gasteiger partial charge on any atom is -0.258 e. The second-order valence-electron chi connectivity index (χ2n) is 4.69. The fourth-order valence-electron chi connectivity index (χ4n) is 1.86. The Labute approximate surface area is 143 Å². The fraction of sp³-hybridized carbons (Fsp3) is 0. The molecule has 0 aliphatic carbocycles. The third kappa shape index (κ3) is 4.74. The summed E-state index contributed by atoms with van der Waals surface area (Å²) in [7, 11) is -4.79. The largest absolute Gasteiger partial charge is 0.332 e. The predicted octanol–water partition coefficient (Wildman–Crippen LogP) is 4.63. The molecular formula is C16H11ClFNO4S. The summed E-state index contributed by atoms with van der Waals surface area (Å²) < 4.78 is 34.4. The van der Waals surface area contributed by atoms with Crippen LogP contribution in [-0.4, -0.2) is 13.3 Å². The zero-order chi connectivity index (χ0) is 17.7. The van der Waals surface area contributed by atoms with E-state index in [0.29, 0.717) is 11.1 Å². The number of rotatable bonds is 5. The number of non-ortho nitro benzene ring substituents is 1. The Bertz CT molecular complexity index is 939. The Morgan fingerprint density at radius 3 is 2.42 bits per heavy atom. The van der Waals surface area contributed by atoms with E-state index >= 15 is 0 Å². The van der Waals surface area contributed by atoms with Crippen molar-refractivity contribution in [3.63, 3.8) is 0 Å². The second-order valence-corrected chi connectivity index (χ2v) is 6.45. The van der Waals surface area contributed by atoms with E-state index in [0.717, 1.165) is 12.1 Å². The second kappa shape index (κ2) is 7.37. The smallest absolute Gasteiger partial charge is 0.258 e. The third-order valence-corrected chi connectivity index (χ3v) is 4.15. The van der Waals surface area contributed by atoms with Crippen molar-refractivity contribution in [3.05, 3.63) is 80.9 Å². The molecule has 2 aromatic rings. The van der Waals surface area contributed by atoms with Gasteiger partial charge in [0.25, 0.3) is 5.69 Å². The molecule has 0 atom stereocenters. The number of nitro benzene ring substituents is 1. The molecule has 2 rings (SSSR count). The summed E-state index contributed by atoms with van der Waals surface area (Å²) >= 11 is 5.91. The standard InChI is InChI=1S/C16H11ClFNO4S/c17-16-11-15(24(18,22)23)9-8-13(16)6-2-1-4-12-5-3-7-14(10-12)19(20)21/h1-11H/b4-1-,6-2+. The highest BCUT2D eigenvalue weighted by Gasteiger charge is 2.12. The number of allylic oxidation sites excluding steroid dienone is 2. The van der Waals surface area contributed by atoms with Crippen LogP contribution < -0.4 is 0 Å². The van der Waals surface area contributed by atoms with Gasteiger partial charge in [0.2, 0.25) is 0 Å². The van der Waals surface area contributed by atoms with Gasteiger partial charge in [-0.05, 0) is 23.3 Å². The average molecular weight is 368 g/mol. The maximum atomic E-state index is 12.9. The number of nitrogens with zero attached hydrogens (tertiary/aromatic N) is 1. The van der Waals surface area contributed by atoms with Gasteiger partial charge >= 0.3 is 10.2 Å². The van der Waals surface area contributed by atoms with Crippen molar-refractivity contribution in [3.8, 4) is 0 Å². The topological polar surface area (TPSA) is 77.3 Å². The molecule has 0 aromatic heterocycles. The number of nitro groups is 1. The van der Waals surface area contributed by atoms with Crippen LogP contribution in [0.1, 0.15) is 11.1 Å². The molecule has 8 heteroatoms. The number of hydrogen-bond donors (Lipinski definition) is 0. The van der Waals surface area contributed by atoms with Gasteiger partial charge in [-0.15, -0.1) is 3.89 Å². The van der Waals surface area contributed by atoms with Crippen LogP contribution >= 0.6 is 11.6 Å². The van der Waals surface area contributed by atoms with E-state index in [1.165, 1.54) is 18.2 Å². The molecule has 0 radical (unpaired) electrons. The van der Waals surface area contributed by atoms with Crippen LogP contribution in [0.3, 0.4) is 0 Å². The van der Waals surface area contributed by atoms with Crippen molar-refractivity contribution in [2.75, 3.05) is 0 Å². The first-order chi connectivity index (χ1) is 11.3. The van der Waals surface area contributed by atoms with Gasteiger partial charge in [-0.2, -0.15) is 8.42 Å². The molecule has 0 saturated heterocycles. The molecular weight excluding hydrogens is 357 g/mol. The quantitative estimate of drug-likeness (QED) is 0.334. The number of benzene rings is 2. The lowest BCUT2D eigenvalue weighted by molar-refractivity contribution is -0.384. The summed E-state index contributed by atoms with van der Waals surface area (Å²) in [6.07, 6.45) is 6.54. The molecule has 2 aromatic carbocycles. The predicted molar refractivity (Wildman–Crippen MR) is 90.9 cm³/mol. The van der Waals surface area contributed by atoms with Crippen LogP contribution in [0.2, 0.25) is 5.02 Å². The zero-order valence-electron chi connectivity index (χ0n) is 12.1. The van der Waals surface area contributed by atoms with Crippen LogP contribution in [0.25, 0.3) is 12.2 Å². The molecule has 0 fully saturated rings. The van der Waals surface area contributed by atoms with Gasteiger partial charge in [0, 0.05) is 17.2 Å². The molecule has 0 saturated carbocycles. The summed E-state index contributed by atoms with van der Waals surface area (Å²) in [5.41, 5.74) is 1.15. The molecule has 0 amide bonds. The van der Waals surface area contributed by atoms with Crippen molar-refractivity contribution in [2.45, 2.75) is 4.90 Å². The molecule has 0 N–H and O–H groups in total. The van der Waals surface area contributed by atoms with E-state index in [-0.39, 0.29) is 10.7 Å². The first kappa shape index (κ1) is 17.8. The summed E-state index contributed by atoms with van der Waals surface area (Å²) in [6, 6.07) is 9.64. The molecule has 0 aliphatic rings. The van der Waals surface area contributed by atoms with Gasteiger partial charge in [0.15, 0.2) is 0 Å². The van der Waals surface area contributed by atoms with Crippen molar-refractivity contribution >= 4 is 39.7 Å². The van der Waals surface area contributed by atoms with E-state index in [9.17, 15) is 22.4 Å². The lowest BCUT2D eigenvalue weighted by atomic mass is 10.1. The fourth-order valence-corrected chi connectivity index (χ4v) is 2.66. The monoisotopic (exact) mass is 367 g/mol. The summed E-state index contributed by atoms with van der Waals surface area (Å²) in [5.74, 6) is 0. The van der Waals surface area contributed by atoms with E-state index < -0.39 is 20.0 Å². The van der Waals surface area contributed by atoms with Crippen molar-refractivity contribution in [2.24, 2.45) is 0 Å². The van der Waals surface area contributed by atoms with Gasteiger partial charge in [-0.25, -0.2) is 0 Å². The van der Waals surface area contributed by atoms with Crippen molar-refractivity contribution in [1.29, 1.82) is 0 Å². The van der Waals surface area contributed by atoms with Crippen molar-refractivity contribution < 1.29 is 17.2 Å². The van der Waals surface area contributed by atoms with E-state index in [1.807, 2.05) is 0 Å². The molecule has 124 valence electrons. The highest BCUT2D eigenvalue weighted by molar-refractivity contribution is 7.86. The average Bonchev–Trinajstić information content (AvgIpc) is 2.52. The Morgan fingerprint density at radius 1 is 1.08 bits per heavy atom. The Balaban J connectivity index is 2.14. The van der Waals surface area contributed by atoms with E-state index in [2.05, 4.69) is 0 Å². The summed E-state index contributed by atoms with van der Waals surface area (Å²) in [4.78, 5) is 9.71. The zero-order valence-corrected chi connectivity index (χ0v) is 13.7. The van der Waals surface area contributed by atoms with Crippen LogP contribution in [-0.2, 0) is 10.2 Å². The Morgan fingerprint density at radius 2 is 1.79 bits per heavy atom. The highest BCUT2D eigenvalue weighted by atomic mass is 35.5. The maximum Gasteiger partial charge on any atom is 0.332 e. The van der Waals surface area contributed by atoms with Gasteiger partial charge in [0.05, 0.1) is 9.82 Å². The molecule has 24 heavy (non-hydrogen) atoms. The highest BCUT2D eigenvalue weighted by Crippen LogP contribution is 2.23. The Kier molecular flexibility index (Phi) is 5.48. The van der Waals surface area contributed by atoms with E-state index in [1.54, 1.807) is 36.4 Å². The molecule has 0 bridgehead atoms. The van der Waals surface area contributed by atoms with Crippen molar-refractivity contribution in [1.82, 2.24) is 0 Å². The summed E-state index contributed by atoms with van der Waals surface area (Å²) in [5, 5.41) is 10.8. The van der Waals surface area contributed by atoms with Crippen LogP contribution in [0.4, 0.5) is 9.57 Å². The van der Waals surface area contributed by atoms with Gasteiger partial charge in [-0.1, -0.05) is 54.1 Å². The van der Waals surface area contributed by atoms with Gasteiger partial charge < -0.3 is 0 Å². The molecule has 0 aliphatic heterocycles. The van der Waals surface area contributed by atoms with Gasteiger partial charge in [0.1, 0.15) is 0 Å². The molecule has 0 unspecified atom stereocenters. The number of halogens is 2. The van der Waals surface area contributed by atoms with Crippen LogP contribution in [0, 0.1) is 10.1 Å². The first-order valence-corrected chi connectivity index (χ1v) is 8.37. The molecule has 0 heterocycles. The minimum absolute atomic E-state index is 0.00723. The maximum absolute atomic E-state index is 12.9. The van der Waals surface area contributed by atoms with Crippen LogP contribution in [0.15, 0.2) is 59.5 Å². The third-order valence-electron chi connectivity index (χ3n) is 3.01. The first-order valence-electron chi connectivity index (χ1n) is 6.61. The minimum atomic E-state index is -4.79. The molecule has 5 nitrogen and oxygen atoms in total. The normalized spacial score (nSPS) is 12.1. The molecule has 0 spiro atoms. The lowest BCUT2D eigenvalue weighted by Crippen LogP contribution is -1.91. The lowest BCUT2D eigenvalue weighted by Gasteiger charge is -2.00. The Hall–Kier alpha value is -2.51. The summed E-state index contributed by atoms with van der Waals surface area (Å²) in [6.45, 7) is 0. The van der Waals surface area contributed by atoms with Gasteiger partial charge in [-0.3, -0.25) is 10.1 Å². The van der Waals surface area contributed by atoms with E-state index in [4.69, 9.17) is 11.6 Å². The SMILES string of the molecule is O=[N+]([O-])c1cccc(/C=C\C=C\c2ccc(S(=O)(=O)F)cc2Cl)c1. The van der Waals surface area contributed by atoms with Crippen LogP contribution in [0.5, 0.6) is 0 Å².